The molecule has 82 valence electrons. The van der Waals surface area contributed by atoms with Crippen LogP contribution < -0.4 is 0 Å². The van der Waals surface area contributed by atoms with Crippen LogP contribution in [0.3, 0.4) is 0 Å². The van der Waals surface area contributed by atoms with Crippen LogP contribution in [0.25, 0.3) is 0 Å². The maximum Gasteiger partial charge on any atom is 0.333 e. The number of carboxylic acid groups (broad SMARTS) is 1. The summed E-state index contributed by atoms with van der Waals surface area (Å²) in [5.41, 5.74) is 1.07. The lowest BCUT2D eigenvalue weighted by Crippen LogP contribution is -2.34. The molecule has 2 rings (SSSR count). The molecule has 1 fully saturated rings. The number of aliphatic hydroxyl groups is 1. The van der Waals surface area contributed by atoms with Crippen molar-refractivity contribution in [1.82, 2.24) is 9.78 Å². The number of hydrogen-bond donors (Lipinski definition) is 2. The third-order valence-corrected chi connectivity index (χ3v) is 3.10. The average Bonchev–Trinajstić information content (AvgIpc) is 2.87. The molecule has 1 atom stereocenters. The van der Waals surface area contributed by atoms with E-state index >= 15 is 0 Å². The molecule has 0 spiro atoms. The zero-order valence-corrected chi connectivity index (χ0v) is 8.77. The molecule has 0 amide bonds. The summed E-state index contributed by atoms with van der Waals surface area (Å²) in [6, 6.07) is 0. The molecule has 1 saturated carbocycles. The Kier molecular flexibility index (Phi) is 2.08. The molecule has 1 aliphatic rings. The summed E-state index contributed by atoms with van der Waals surface area (Å²) in [6.45, 7) is 1.84. The van der Waals surface area contributed by atoms with Gasteiger partial charge in [0.25, 0.3) is 0 Å². The minimum absolute atomic E-state index is 0.593. The summed E-state index contributed by atoms with van der Waals surface area (Å²) >= 11 is 0. The van der Waals surface area contributed by atoms with Crippen molar-refractivity contribution in [2.45, 2.75) is 31.3 Å². The highest BCUT2D eigenvalue weighted by Gasteiger charge is 2.54. The average molecular weight is 210 g/mol. The molecule has 1 aromatic rings. The second kappa shape index (κ2) is 3.06. The molecule has 1 heterocycles. The zero-order valence-electron chi connectivity index (χ0n) is 8.77. The van der Waals surface area contributed by atoms with E-state index in [0.717, 1.165) is 11.3 Å². The van der Waals surface area contributed by atoms with E-state index in [0.29, 0.717) is 12.8 Å². The second-order valence-electron chi connectivity index (χ2n) is 4.20. The molecule has 2 N–H and O–H groups in total. The van der Waals surface area contributed by atoms with E-state index in [-0.39, 0.29) is 0 Å². The Labute approximate surface area is 87.3 Å². The first-order chi connectivity index (χ1) is 6.97. The summed E-state index contributed by atoms with van der Waals surface area (Å²) in [5, 5.41) is 22.7. The Bertz CT molecular complexity index is 407. The summed E-state index contributed by atoms with van der Waals surface area (Å²) in [5.74, 6) is -1.16. The smallest absolute Gasteiger partial charge is 0.333 e. The Balaban J connectivity index is 2.38. The lowest BCUT2D eigenvalue weighted by Gasteiger charge is -2.17. The molecule has 0 radical (unpaired) electrons. The molecule has 1 aromatic heterocycles. The van der Waals surface area contributed by atoms with Gasteiger partial charge < -0.3 is 10.2 Å². The van der Waals surface area contributed by atoms with Crippen molar-refractivity contribution in [3.05, 3.63) is 17.5 Å². The quantitative estimate of drug-likeness (QED) is 0.747. The highest BCUT2D eigenvalue weighted by Crippen LogP contribution is 2.51. The van der Waals surface area contributed by atoms with Crippen LogP contribution in [0.15, 0.2) is 6.20 Å². The van der Waals surface area contributed by atoms with Crippen molar-refractivity contribution in [2.75, 3.05) is 0 Å². The molecule has 0 bridgehead atoms. The largest absolute Gasteiger partial charge is 0.479 e. The fraction of sp³-hybridized carbons (Fsp3) is 0.600. The first kappa shape index (κ1) is 10.2. The first-order valence-electron chi connectivity index (χ1n) is 4.89. The first-order valence-corrected chi connectivity index (χ1v) is 4.89. The Morgan fingerprint density at radius 3 is 2.60 bits per heavy atom. The number of nitrogens with zero attached hydrogens (tertiary/aromatic N) is 2. The van der Waals surface area contributed by atoms with Gasteiger partial charge in [-0.1, -0.05) is 0 Å². The van der Waals surface area contributed by atoms with Crippen LogP contribution in [0, 0.1) is 6.92 Å². The maximum absolute atomic E-state index is 10.8. The van der Waals surface area contributed by atoms with E-state index < -0.39 is 17.5 Å². The number of rotatable bonds is 3. The fourth-order valence-electron chi connectivity index (χ4n) is 2.15. The van der Waals surface area contributed by atoms with Gasteiger partial charge in [-0.25, -0.2) is 4.79 Å². The Morgan fingerprint density at radius 2 is 2.27 bits per heavy atom. The minimum Gasteiger partial charge on any atom is -0.479 e. The Morgan fingerprint density at radius 1 is 1.67 bits per heavy atom. The van der Waals surface area contributed by atoms with Gasteiger partial charge in [0.05, 0.1) is 5.69 Å². The van der Waals surface area contributed by atoms with E-state index in [1.807, 2.05) is 6.92 Å². The molecule has 0 aliphatic heterocycles. The lowest BCUT2D eigenvalue weighted by molar-refractivity contribution is -0.148. The zero-order chi connectivity index (χ0) is 11.2. The van der Waals surface area contributed by atoms with Gasteiger partial charge in [-0.2, -0.15) is 5.10 Å². The van der Waals surface area contributed by atoms with E-state index in [1.54, 1.807) is 17.9 Å². The van der Waals surface area contributed by atoms with Crippen LogP contribution in [-0.2, 0) is 17.3 Å². The predicted molar refractivity (Wildman–Crippen MR) is 52.5 cm³/mol. The van der Waals surface area contributed by atoms with Gasteiger partial charge in [-0.15, -0.1) is 0 Å². The highest BCUT2D eigenvalue weighted by atomic mass is 16.4. The second-order valence-corrected chi connectivity index (χ2v) is 4.20. The maximum atomic E-state index is 10.8. The van der Waals surface area contributed by atoms with Crippen molar-refractivity contribution in [2.24, 2.45) is 7.05 Å². The van der Waals surface area contributed by atoms with Gasteiger partial charge in [0.2, 0.25) is 0 Å². The van der Waals surface area contributed by atoms with Gasteiger partial charge in [-0.05, 0) is 19.8 Å². The van der Waals surface area contributed by atoms with Crippen LogP contribution >= 0.6 is 0 Å². The topological polar surface area (TPSA) is 75.3 Å². The van der Waals surface area contributed by atoms with E-state index in [2.05, 4.69) is 5.10 Å². The van der Waals surface area contributed by atoms with Crippen LogP contribution in [0.1, 0.15) is 24.1 Å². The van der Waals surface area contributed by atoms with Gasteiger partial charge in [0.1, 0.15) is 0 Å². The molecular weight excluding hydrogens is 196 g/mol. The van der Waals surface area contributed by atoms with Crippen LogP contribution in [0.2, 0.25) is 0 Å². The number of aromatic nitrogens is 2. The number of hydrogen-bond acceptors (Lipinski definition) is 3. The molecule has 0 saturated heterocycles. The van der Waals surface area contributed by atoms with Gasteiger partial charge >= 0.3 is 5.97 Å². The SMILES string of the molecule is Cc1nn(C)cc1C1(C(O)C(=O)O)CC1. The van der Waals surface area contributed by atoms with Gasteiger partial charge in [0.15, 0.2) is 6.10 Å². The van der Waals surface area contributed by atoms with Crippen LogP contribution in [0.5, 0.6) is 0 Å². The third kappa shape index (κ3) is 1.43. The molecule has 15 heavy (non-hydrogen) atoms. The summed E-state index contributed by atoms with van der Waals surface area (Å²) in [4.78, 5) is 10.8. The van der Waals surface area contributed by atoms with Crippen LogP contribution in [-0.4, -0.2) is 32.1 Å². The molecule has 1 aliphatic carbocycles. The normalized spacial score (nSPS) is 19.9. The summed E-state index contributed by atoms with van der Waals surface area (Å²) in [7, 11) is 1.79. The number of aliphatic carboxylic acids is 1. The van der Waals surface area contributed by atoms with Crippen molar-refractivity contribution >= 4 is 5.97 Å². The third-order valence-electron chi connectivity index (χ3n) is 3.10. The van der Waals surface area contributed by atoms with Gasteiger partial charge in [-0.3, -0.25) is 4.68 Å². The standard InChI is InChI=1S/C10H14N2O3/c1-6-7(5-12(2)11-6)10(3-4-10)8(13)9(14)15/h5,8,13H,3-4H2,1-2H3,(H,14,15). The van der Waals surface area contributed by atoms with E-state index in [4.69, 9.17) is 5.11 Å². The van der Waals surface area contributed by atoms with Crippen molar-refractivity contribution in [1.29, 1.82) is 0 Å². The van der Waals surface area contributed by atoms with Crippen molar-refractivity contribution in [3.8, 4) is 0 Å². The Hall–Kier alpha value is -1.36. The van der Waals surface area contributed by atoms with Crippen molar-refractivity contribution < 1.29 is 15.0 Å². The molecule has 0 aromatic carbocycles. The highest BCUT2D eigenvalue weighted by molar-refractivity contribution is 5.75. The van der Waals surface area contributed by atoms with Crippen LogP contribution in [0.4, 0.5) is 0 Å². The molecule has 5 heteroatoms. The molecule has 1 unspecified atom stereocenters. The lowest BCUT2D eigenvalue weighted by atomic mass is 9.90. The monoisotopic (exact) mass is 210 g/mol. The molecule has 5 nitrogen and oxygen atoms in total. The number of aryl methyl sites for hydroxylation is 2. The number of carboxylic acids is 1. The van der Waals surface area contributed by atoms with E-state index in [9.17, 15) is 9.90 Å². The number of carbonyl (C=O) groups is 1. The summed E-state index contributed by atoms with van der Waals surface area (Å²) in [6.07, 6.45) is 1.91. The van der Waals surface area contributed by atoms with E-state index in [1.165, 1.54) is 0 Å². The summed E-state index contributed by atoms with van der Waals surface area (Å²) < 4.78 is 1.65. The number of aliphatic hydroxyl groups excluding tert-OH is 1. The predicted octanol–water partition coefficient (Wildman–Crippen LogP) is 0.206. The van der Waals surface area contributed by atoms with Gasteiger partial charge in [0, 0.05) is 24.2 Å². The molecular formula is C10H14N2O3. The minimum atomic E-state index is -1.32. The van der Waals surface area contributed by atoms with Crippen molar-refractivity contribution in [3.63, 3.8) is 0 Å². The fourth-order valence-corrected chi connectivity index (χ4v) is 2.15.